The Morgan fingerprint density at radius 3 is 2.57 bits per heavy atom. The molecule has 2 aromatic heterocycles. The topological polar surface area (TPSA) is 50.5 Å². The van der Waals surface area contributed by atoms with E-state index >= 15 is 0 Å². The fourth-order valence-electron chi connectivity index (χ4n) is 2.17. The molecule has 0 aliphatic carbocycles. The molecule has 5 nitrogen and oxygen atoms in total. The van der Waals surface area contributed by atoms with Crippen molar-refractivity contribution in [2.24, 2.45) is 0 Å². The molecule has 3 aromatic rings. The van der Waals surface area contributed by atoms with Crippen molar-refractivity contribution in [2.45, 2.75) is 6.92 Å². The molecule has 0 spiro atoms. The molecule has 0 radical (unpaired) electrons. The normalized spacial score (nSPS) is 10.8. The number of nitrogens with zero attached hydrogens (tertiary/aromatic N) is 4. The highest BCUT2D eigenvalue weighted by atomic mass is 16.2. The second-order valence-corrected chi connectivity index (χ2v) is 5.20. The molecular formula is C16H16N4O. The molecule has 3 rings (SSSR count). The summed E-state index contributed by atoms with van der Waals surface area (Å²) < 4.78 is 1.83. The van der Waals surface area contributed by atoms with Crippen LogP contribution in [0.1, 0.15) is 16.1 Å². The Morgan fingerprint density at radius 1 is 1.19 bits per heavy atom. The first-order valence-corrected chi connectivity index (χ1v) is 6.68. The number of rotatable bonds is 2. The molecule has 2 heterocycles. The summed E-state index contributed by atoms with van der Waals surface area (Å²) in [5.41, 5.74) is 4.06. The first kappa shape index (κ1) is 13.3. The molecule has 0 atom stereocenters. The molecule has 0 aliphatic heterocycles. The third-order valence-corrected chi connectivity index (χ3v) is 3.33. The van der Waals surface area contributed by atoms with Crippen LogP contribution in [-0.4, -0.2) is 39.3 Å². The predicted molar refractivity (Wildman–Crippen MR) is 81.2 cm³/mol. The van der Waals surface area contributed by atoms with Gasteiger partial charge in [0.2, 0.25) is 0 Å². The summed E-state index contributed by atoms with van der Waals surface area (Å²) in [6, 6.07) is 8.10. The monoisotopic (exact) mass is 280 g/mol. The summed E-state index contributed by atoms with van der Waals surface area (Å²) in [4.78, 5) is 22.4. The quantitative estimate of drug-likeness (QED) is 0.724. The van der Waals surface area contributed by atoms with E-state index in [0.29, 0.717) is 11.3 Å². The molecule has 0 saturated heterocycles. The summed E-state index contributed by atoms with van der Waals surface area (Å²) in [6.45, 7) is 2.04. The minimum absolute atomic E-state index is 0.117. The van der Waals surface area contributed by atoms with Crippen LogP contribution in [-0.2, 0) is 0 Å². The number of amides is 1. The molecule has 0 bridgehead atoms. The van der Waals surface area contributed by atoms with Gasteiger partial charge in [-0.2, -0.15) is 0 Å². The first-order chi connectivity index (χ1) is 10.1. The summed E-state index contributed by atoms with van der Waals surface area (Å²) >= 11 is 0. The molecule has 5 heteroatoms. The number of aryl methyl sites for hydroxylation is 1. The molecule has 0 N–H and O–H groups in total. The predicted octanol–water partition coefficient (Wildman–Crippen LogP) is 2.41. The van der Waals surface area contributed by atoms with Crippen LogP contribution in [0.2, 0.25) is 0 Å². The molecular weight excluding hydrogens is 264 g/mol. The number of carbonyl (C=O) groups excluding carboxylic acids is 1. The third kappa shape index (κ3) is 2.38. The second kappa shape index (κ2) is 5.01. The van der Waals surface area contributed by atoms with Gasteiger partial charge in [0.15, 0.2) is 5.65 Å². The maximum absolute atomic E-state index is 12.0. The lowest BCUT2D eigenvalue weighted by Crippen LogP contribution is -2.21. The maximum Gasteiger partial charge on any atom is 0.273 e. The SMILES string of the molecule is Cc1ccc(-c2nccn3cc(C(=O)N(C)C)nc23)cc1. The van der Waals surface area contributed by atoms with Gasteiger partial charge in [0.25, 0.3) is 5.91 Å². The number of benzene rings is 1. The summed E-state index contributed by atoms with van der Waals surface area (Å²) in [6.07, 6.45) is 5.25. The summed E-state index contributed by atoms with van der Waals surface area (Å²) in [5.74, 6) is -0.117. The molecule has 21 heavy (non-hydrogen) atoms. The Labute approximate surface area is 122 Å². The van der Waals surface area contributed by atoms with Gasteiger partial charge in [-0.25, -0.2) is 4.98 Å². The minimum Gasteiger partial charge on any atom is -0.343 e. The van der Waals surface area contributed by atoms with Gasteiger partial charge in [-0.15, -0.1) is 0 Å². The number of aromatic nitrogens is 3. The third-order valence-electron chi connectivity index (χ3n) is 3.33. The Balaban J connectivity index is 2.16. The van der Waals surface area contributed by atoms with Crippen LogP contribution in [0.25, 0.3) is 16.9 Å². The summed E-state index contributed by atoms with van der Waals surface area (Å²) in [5, 5.41) is 0. The van der Waals surface area contributed by atoms with Crippen LogP contribution in [0.15, 0.2) is 42.9 Å². The average Bonchev–Trinajstić information content (AvgIpc) is 2.91. The van der Waals surface area contributed by atoms with Gasteiger partial charge >= 0.3 is 0 Å². The van der Waals surface area contributed by atoms with Crippen molar-refractivity contribution in [1.29, 1.82) is 0 Å². The Morgan fingerprint density at radius 2 is 1.90 bits per heavy atom. The van der Waals surface area contributed by atoms with E-state index in [4.69, 9.17) is 0 Å². The molecule has 0 saturated carbocycles. The van der Waals surface area contributed by atoms with Gasteiger partial charge in [-0.1, -0.05) is 29.8 Å². The molecule has 1 aromatic carbocycles. The van der Waals surface area contributed by atoms with Crippen molar-refractivity contribution < 1.29 is 4.79 Å². The van der Waals surface area contributed by atoms with Crippen molar-refractivity contribution >= 4 is 11.6 Å². The highest BCUT2D eigenvalue weighted by Crippen LogP contribution is 2.22. The van der Waals surface area contributed by atoms with Crippen LogP contribution in [0.3, 0.4) is 0 Å². The fourth-order valence-corrected chi connectivity index (χ4v) is 2.17. The lowest BCUT2D eigenvalue weighted by molar-refractivity contribution is 0.0822. The van der Waals surface area contributed by atoms with Gasteiger partial charge < -0.3 is 9.30 Å². The van der Waals surface area contributed by atoms with Crippen LogP contribution < -0.4 is 0 Å². The maximum atomic E-state index is 12.0. The smallest absolute Gasteiger partial charge is 0.273 e. The zero-order valence-corrected chi connectivity index (χ0v) is 12.2. The second-order valence-electron chi connectivity index (χ2n) is 5.20. The average molecular weight is 280 g/mol. The minimum atomic E-state index is -0.117. The fraction of sp³-hybridized carbons (Fsp3) is 0.188. The van der Waals surface area contributed by atoms with Gasteiger partial charge in [-0.05, 0) is 6.92 Å². The lowest BCUT2D eigenvalue weighted by atomic mass is 10.1. The molecule has 106 valence electrons. The van der Waals surface area contributed by atoms with E-state index in [-0.39, 0.29) is 5.91 Å². The Kier molecular flexibility index (Phi) is 3.17. The zero-order valence-electron chi connectivity index (χ0n) is 12.2. The Hall–Kier alpha value is -2.69. The number of fused-ring (bicyclic) bond motifs is 1. The number of imidazole rings is 1. The van der Waals surface area contributed by atoms with E-state index in [0.717, 1.165) is 11.3 Å². The summed E-state index contributed by atoms with van der Waals surface area (Å²) in [7, 11) is 3.43. The van der Waals surface area contributed by atoms with E-state index < -0.39 is 0 Å². The molecule has 1 amide bonds. The van der Waals surface area contributed by atoms with Crippen molar-refractivity contribution in [3.05, 3.63) is 54.1 Å². The highest BCUT2D eigenvalue weighted by molar-refractivity contribution is 5.93. The number of carbonyl (C=O) groups is 1. The van der Waals surface area contributed by atoms with Crippen molar-refractivity contribution in [3.63, 3.8) is 0 Å². The Bertz CT molecular complexity index is 803. The van der Waals surface area contributed by atoms with E-state index in [9.17, 15) is 4.79 Å². The van der Waals surface area contributed by atoms with Crippen LogP contribution in [0.4, 0.5) is 0 Å². The van der Waals surface area contributed by atoms with E-state index in [1.807, 2.05) is 35.6 Å². The van der Waals surface area contributed by atoms with E-state index in [2.05, 4.69) is 9.97 Å². The standard InChI is InChI=1S/C16H16N4O/c1-11-4-6-12(7-5-11)14-15-18-13(16(21)19(2)3)10-20(15)9-8-17-14/h4-10H,1-3H3. The van der Waals surface area contributed by atoms with Crippen LogP contribution in [0, 0.1) is 6.92 Å². The van der Waals surface area contributed by atoms with Crippen molar-refractivity contribution in [2.75, 3.05) is 14.1 Å². The van der Waals surface area contributed by atoms with Crippen molar-refractivity contribution in [1.82, 2.24) is 19.3 Å². The number of hydrogen-bond donors (Lipinski definition) is 0. The largest absolute Gasteiger partial charge is 0.343 e. The van der Waals surface area contributed by atoms with Crippen LogP contribution >= 0.6 is 0 Å². The van der Waals surface area contributed by atoms with Crippen LogP contribution in [0.5, 0.6) is 0 Å². The zero-order chi connectivity index (χ0) is 15.0. The van der Waals surface area contributed by atoms with Gasteiger partial charge in [0, 0.05) is 38.2 Å². The molecule has 0 aliphatic rings. The van der Waals surface area contributed by atoms with Gasteiger partial charge in [0.05, 0.1) is 0 Å². The number of hydrogen-bond acceptors (Lipinski definition) is 3. The van der Waals surface area contributed by atoms with Gasteiger partial charge in [-0.3, -0.25) is 9.78 Å². The molecule has 0 unspecified atom stereocenters. The van der Waals surface area contributed by atoms with E-state index in [1.165, 1.54) is 10.5 Å². The lowest BCUT2D eigenvalue weighted by Gasteiger charge is -2.06. The van der Waals surface area contributed by atoms with E-state index in [1.54, 1.807) is 32.7 Å². The van der Waals surface area contributed by atoms with Gasteiger partial charge in [0.1, 0.15) is 11.4 Å². The van der Waals surface area contributed by atoms with Crippen molar-refractivity contribution in [3.8, 4) is 11.3 Å². The molecule has 0 fully saturated rings. The first-order valence-electron chi connectivity index (χ1n) is 6.68. The highest BCUT2D eigenvalue weighted by Gasteiger charge is 2.15.